The average molecular weight is 497 g/mol. The van der Waals surface area contributed by atoms with Crippen molar-refractivity contribution in [3.8, 4) is 28.3 Å². The molecule has 5 rings (SSSR count). The van der Waals surface area contributed by atoms with Gasteiger partial charge in [0.15, 0.2) is 22.5 Å². The molecule has 0 saturated carbocycles. The number of alkyl halides is 3. The summed E-state index contributed by atoms with van der Waals surface area (Å²) < 4.78 is 53.4. The number of para-hydroxylation sites is 1. The van der Waals surface area contributed by atoms with Gasteiger partial charge < -0.3 is 19.0 Å². The summed E-state index contributed by atoms with van der Waals surface area (Å²) >= 11 is 0. The Kier molecular flexibility index (Phi) is 5.31. The minimum Gasteiger partial charge on any atom is -0.436 e. The summed E-state index contributed by atoms with van der Waals surface area (Å²) in [5, 5.41) is 3.62. The predicted molar refractivity (Wildman–Crippen MR) is 124 cm³/mol. The molecule has 1 N–H and O–H groups in total. The summed E-state index contributed by atoms with van der Waals surface area (Å²) in [6.45, 7) is 1.52. The van der Waals surface area contributed by atoms with E-state index in [1.165, 1.54) is 44.1 Å². The Morgan fingerprint density at radius 2 is 1.81 bits per heavy atom. The Bertz CT molecular complexity index is 1680. The van der Waals surface area contributed by atoms with Crippen LogP contribution in [0.3, 0.4) is 0 Å². The van der Waals surface area contributed by atoms with Crippen molar-refractivity contribution in [2.75, 3.05) is 14.1 Å². The monoisotopic (exact) mass is 497 g/mol. The van der Waals surface area contributed by atoms with E-state index in [2.05, 4.69) is 15.1 Å². The van der Waals surface area contributed by atoms with E-state index in [-0.39, 0.29) is 50.8 Å². The number of aromatic amines is 1. The van der Waals surface area contributed by atoms with E-state index in [1.807, 2.05) is 0 Å². The van der Waals surface area contributed by atoms with Crippen LogP contribution in [0.4, 0.5) is 18.0 Å². The van der Waals surface area contributed by atoms with Crippen LogP contribution < -0.4 is 10.3 Å². The van der Waals surface area contributed by atoms with Crippen LogP contribution in [0.1, 0.15) is 11.4 Å². The van der Waals surface area contributed by atoms with E-state index < -0.39 is 23.5 Å². The Morgan fingerprint density at radius 1 is 1.08 bits per heavy atom. The molecule has 9 nitrogen and oxygen atoms in total. The van der Waals surface area contributed by atoms with Crippen molar-refractivity contribution in [2.45, 2.75) is 13.1 Å². The predicted octanol–water partition coefficient (Wildman–Crippen LogP) is 4.89. The number of oxazole rings is 1. The Hall–Kier alpha value is -4.61. The second-order valence-corrected chi connectivity index (χ2v) is 8.16. The van der Waals surface area contributed by atoms with E-state index in [1.54, 1.807) is 30.3 Å². The normalized spacial score (nSPS) is 11.8. The molecule has 36 heavy (non-hydrogen) atoms. The first-order valence-electron chi connectivity index (χ1n) is 10.6. The third-order valence-electron chi connectivity index (χ3n) is 5.46. The molecule has 0 atom stereocenters. The average Bonchev–Trinajstić information content (AvgIpc) is 3.42. The number of amides is 1. The number of H-pyrrole nitrogens is 1. The first-order valence-corrected chi connectivity index (χ1v) is 10.6. The van der Waals surface area contributed by atoms with Crippen molar-refractivity contribution in [1.82, 2.24) is 24.5 Å². The van der Waals surface area contributed by atoms with Crippen LogP contribution in [0.2, 0.25) is 0 Å². The topological polar surface area (TPSA) is 106 Å². The quantitative estimate of drug-likeness (QED) is 0.381. The number of aromatic nitrogens is 4. The number of ether oxygens (including phenoxy) is 1. The molecule has 0 saturated heterocycles. The van der Waals surface area contributed by atoms with Crippen LogP contribution in [-0.4, -0.2) is 44.7 Å². The van der Waals surface area contributed by atoms with E-state index in [0.717, 1.165) is 0 Å². The van der Waals surface area contributed by atoms with E-state index >= 15 is 0 Å². The fraction of sp³-hybridized carbons (Fsp3) is 0.167. The van der Waals surface area contributed by atoms with Crippen LogP contribution in [0, 0.1) is 6.92 Å². The van der Waals surface area contributed by atoms with Gasteiger partial charge in [-0.1, -0.05) is 36.4 Å². The highest BCUT2D eigenvalue weighted by Gasteiger charge is 2.39. The first kappa shape index (κ1) is 23.1. The van der Waals surface area contributed by atoms with Crippen molar-refractivity contribution >= 4 is 22.8 Å². The van der Waals surface area contributed by atoms with Gasteiger partial charge in [0, 0.05) is 19.8 Å². The maximum absolute atomic E-state index is 13.9. The maximum atomic E-state index is 13.9. The summed E-state index contributed by atoms with van der Waals surface area (Å²) in [5.74, 6) is -0.0644. The molecule has 0 unspecified atom stereocenters. The summed E-state index contributed by atoms with van der Waals surface area (Å²) in [7, 11) is 3.02. The lowest BCUT2D eigenvalue weighted by molar-refractivity contribution is -0.140. The van der Waals surface area contributed by atoms with Gasteiger partial charge in [0.25, 0.3) is 5.56 Å². The van der Waals surface area contributed by atoms with Gasteiger partial charge in [0.2, 0.25) is 5.89 Å². The number of hydrogen-bond acceptors (Lipinski definition) is 6. The van der Waals surface area contributed by atoms with Crippen LogP contribution in [0.15, 0.2) is 57.7 Å². The number of carbonyl (C=O) groups is 1. The van der Waals surface area contributed by atoms with Crippen LogP contribution in [-0.2, 0) is 6.18 Å². The highest BCUT2D eigenvalue weighted by molar-refractivity contribution is 5.86. The van der Waals surface area contributed by atoms with Gasteiger partial charge in [-0.15, -0.1) is 0 Å². The molecule has 3 aromatic heterocycles. The van der Waals surface area contributed by atoms with Crippen molar-refractivity contribution in [3.05, 3.63) is 70.3 Å². The number of carbonyl (C=O) groups excluding carboxylic acids is 1. The number of aryl methyl sites for hydroxylation is 1. The number of hydrogen-bond donors (Lipinski definition) is 1. The van der Waals surface area contributed by atoms with Crippen molar-refractivity contribution in [1.29, 1.82) is 0 Å². The van der Waals surface area contributed by atoms with Gasteiger partial charge in [-0.2, -0.15) is 22.8 Å². The zero-order valence-corrected chi connectivity index (χ0v) is 19.2. The molecule has 0 aliphatic heterocycles. The van der Waals surface area contributed by atoms with Gasteiger partial charge in [0.05, 0.1) is 5.56 Å². The van der Waals surface area contributed by atoms with Crippen molar-refractivity contribution in [2.24, 2.45) is 0 Å². The fourth-order valence-electron chi connectivity index (χ4n) is 3.81. The molecule has 3 heterocycles. The maximum Gasteiger partial charge on any atom is 0.435 e. The number of nitrogens with one attached hydrogen (secondary N) is 1. The second kappa shape index (κ2) is 8.26. The van der Waals surface area contributed by atoms with Crippen LogP contribution >= 0.6 is 0 Å². The highest BCUT2D eigenvalue weighted by atomic mass is 19.4. The summed E-state index contributed by atoms with van der Waals surface area (Å²) in [5.41, 5.74) is -1.67. The van der Waals surface area contributed by atoms with E-state index in [9.17, 15) is 22.8 Å². The molecule has 2 aromatic carbocycles. The molecule has 184 valence electrons. The Balaban J connectivity index is 1.73. The molecule has 12 heteroatoms. The summed E-state index contributed by atoms with van der Waals surface area (Å²) in [4.78, 5) is 33.8. The molecule has 0 bridgehead atoms. The minimum absolute atomic E-state index is 0.0983. The van der Waals surface area contributed by atoms with Crippen LogP contribution in [0.5, 0.6) is 5.75 Å². The van der Waals surface area contributed by atoms with Gasteiger partial charge in [-0.05, 0) is 24.6 Å². The molecule has 5 aromatic rings. The molecule has 0 aliphatic carbocycles. The standard InChI is InChI=1S/C24H18F3N5O4/c1-12-16(21-29-18-14(35-21)10-7-11-15(18)36-23(34)31(2)3)22(33)32-20(28-12)17(13-8-5-4-6-9-13)19(30-32)24(25,26)27/h4-11,28H,1-3H3. The largest absolute Gasteiger partial charge is 0.436 e. The molecular formula is C24H18F3N5O4. The lowest BCUT2D eigenvalue weighted by Crippen LogP contribution is -2.25. The second-order valence-electron chi connectivity index (χ2n) is 8.16. The summed E-state index contributed by atoms with van der Waals surface area (Å²) in [6.07, 6.45) is -5.46. The smallest absolute Gasteiger partial charge is 0.435 e. The van der Waals surface area contributed by atoms with Crippen LogP contribution in [0.25, 0.3) is 39.3 Å². The Labute approximate surface area is 200 Å². The highest BCUT2D eigenvalue weighted by Crippen LogP contribution is 2.38. The van der Waals surface area contributed by atoms with E-state index in [0.29, 0.717) is 4.52 Å². The lowest BCUT2D eigenvalue weighted by atomic mass is 10.1. The molecule has 0 spiro atoms. The molecular weight excluding hydrogens is 479 g/mol. The fourth-order valence-corrected chi connectivity index (χ4v) is 3.81. The Morgan fingerprint density at radius 3 is 2.47 bits per heavy atom. The van der Waals surface area contributed by atoms with Gasteiger partial charge in [-0.25, -0.2) is 9.78 Å². The zero-order valence-electron chi connectivity index (χ0n) is 19.2. The number of nitrogens with zero attached hydrogens (tertiary/aromatic N) is 4. The number of benzene rings is 2. The lowest BCUT2D eigenvalue weighted by Gasteiger charge is -2.10. The zero-order chi connectivity index (χ0) is 25.8. The number of rotatable bonds is 3. The molecule has 0 fully saturated rings. The molecule has 0 radical (unpaired) electrons. The SMILES string of the molecule is Cc1[nH]c2c(-c3ccccc3)c(C(F)(F)F)nn2c(=O)c1-c1nc2c(OC(=O)N(C)C)cccc2o1. The number of halogens is 3. The van der Waals surface area contributed by atoms with E-state index in [4.69, 9.17) is 9.15 Å². The number of fused-ring (bicyclic) bond motifs is 2. The van der Waals surface area contributed by atoms with Gasteiger partial charge >= 0.3 is 12.3 Å². The third kappa shape index (κ3) is 3.76. The van der Waals surface area contributed by atoms with Gasteiger partial charge in [-0.3, -0.25) is 4.79 Å². The minimum atomic E-state index is -4.81. The van der Waals surface area contributed by atoms with Gasteiger partial charge in [0.1, 0.15) is 11.2 Å². The molecule has 0 aliphatic rings. The van der Waals surface area contributed by atoms with Crippen molar-refractivity contribution < 1.29 is 27.1 Å². The first-order chi connectivity index (χ1) is 17.1. The summed E-state index contributed by atoms with van der Waals surface area (Å²) in [6, 6.07) is 12.5. The third-order valence-corrected chi connectivity index (χ3v) is 5.46. The molecule has 1 amide bonds. The van der Waals surface area contributed by atoms with Crippen molar-refractivity contribution in [3.63, 3.8) is 0 Å².